The van der Waals surface area contributed by atoms with E-state index in [1.165, 1.54) is 11.8 Å². The highest BCUT2D eigenvalue weighted by Crippen LogP contribution is 2.23. The van der Waals surface area contributed by atoms with Gasteiger partial charge in [-0.2, -0.15) is 0 Å². The van der Waals surface area contributed by atoms with E-state index in [-0.39, 0.29) is 0 Å². The molecule has 17 heavy (non-hydrogen) atoms. The van der Waals surface area contributed by atoms with Gasteiger partial charge in [0, 0.05) is 36.3 Å². The van der Waals surface area contributed by atoms with Gasteiger partial charge in [-0.3, -0.25) is 4.98 Å². The number of aromatic nitrogens is 1. The van der Waals surface area contributed by atoms with Crippen molar-refractivity contribution in [3.8, 4) is 11.3 Å². The number of anilines is 1. The fourth-order valence-electron chi connectivity index (χ4n) is 1.75. The summed E-state index contributed by atoms with van der Waals surface area (Å²) in [6.07, 6.45) is 3.16. The largest absolute Gasteiger partial charge is 0.388 e. The molecule has 3 nitrogen and oxygen atoms in total. The Morgan fingerprint density at radius 3 is 2.71 bits per heavy atom. The van der Waals surface area contributed by atoms with Crippen molar-refractivity contribution in [2.75, 3.05) is 12.4 Å². The number of benzene rings is 1. The van der Waals surface area contributed by atoms with Gasteiger partial charge >= 0.3 is 0 Å². The Morgan fingerprint density at radius 2 is 2.06 bits per heavy atom. The monoisotopic (exact) mass is 225 g/mol. The number of aryl methyl sites for hydroxylation is 1. The molecule has 0 spiro atoms. The third-order valence-electron chi connectivity index (χ3n) is 2.69. The van der Waals surface area contributed by atoms with E-state index in [9.17, 15) is 0 Å². The Hall–Kier alpha value is -2.16. The zero-order valence-electron chi connectivity index (χ0n) is 9.99. The molecular formula is C14H15N3. The van der Waals surface area contributed by atoms with Gasteiger partial charge in [-0.1, -0.05) is 12.1 Å². The molecule has 2 N–H and O–H groups in total. The molecule has 0 radical (unpaired) electrons. The summed E-state index contributed by atoms with van der Waals surface area (Å²) in [5, 5.41) is 10.4. The summed E-state index contributed by atoms with van der Waals surface area (Å²) in [6.45, 7) is 2.05. The summed E-state index contributed by atoms with van der Waals surface area (Å²) in [5.74, 6) is 0. The van der Waals surface area contributed by atoms with Crippen LogP contribution in [0.5, 0.6) is 0 Å². The summed E-state index contributed by atoms with van der Waals surface area (Å²) in [7, 11) is 1.86. The van der Waals surface area contributed by atoms with Gasteiger partial charge in [0.2, 0.25) is 0 Å². The predicted octanol–water partition coefficient (Wildman–Crippen LogP) is 3.10. The summed E-state index contributed by atoms with van der Waals surface area (Å²) in [4.78, 5) is 4.36. The number of nitrogens with zero attached hydrogens (tertiary/aromatic N) is 1. The molecule has 0 bridgehead atoms. The van der Waals surface area contributed by atoms with E-state index >= 15 is 0 Å². The number of nitrogens with one attached hydrogen (secondary N) is 2. The Bertz CT molecular complexity index is 547. The molecule has 0 saturated heterocycles. The summed E-state index contributed by atoms with van der Waals surface area (Å²) in [5.41, 5.74) is 5.03. The second kappa shape index (κ2) is 4.78. The molecular weight excluding hydrogens is 210 g/mol. The lowest BCUT2D eigenvalue weighted by atomic mass is 10.1. The van der Waals surface area contributed by atoms with Crippen LogP contribution >= 0.6 is 0 Å². The van der Waals surface area contributed by atoms with E-state index in [0.29, 0.717) is 0 Å². The van der Waals surface area contributed by atoms with Gasteiger partial charge in [-0.15, -0.1) is 0 Å². The fourth-order valence-corrected chi connectivity index (χ4v) is 1.75. The second-order valence-corrected chi connectivity index (χ2v) is 3.91. The van der Waals surface area contributed by atoms with Crippen LogP contribution in [0.1, 0.15) is 11.1 Å². The molecule has 3 heteroatoms. The Kier molecular flexibility index (Phi) is 3.19. The lowest BCUT2D eigenvalue weighted by Gasteiger charge is -2.08. The minimum absolute atomic E-state index is 0.879. The first-order valence-corrected chi connectivity index (χ1v) is 5.50. The van der Waals surface area contributed by atoms with Crippen LogP contribution in [0.15, 0.2) is 36.5 Å². The molecule has 1 heterocycles. The van der Waals surface area contributed by atoms with Crippen molar-refractivity contribution in [1.29, 1.82) is 5.41 Å². The normalized spacial score (nSPS) is 10.0. The first-order chi connectivity index (χ1) is 8.24. The highest BCUT2D eigenvalue weighted by molar-refractivity contribution is 5.87. The molecule has 0 aliphatic heterocycles. The summed E-state index contributed by atoms with van der Waals surface area (Å²) < 4.78 is 0. The van der Waals surface area contributed by atoms with E-state index in [4.69, 9.17) is 5.41 Å². The number of pyridine rings is 1. The Morgan fingerprint density at radius 1 is 1.24 bits per heavy atom. The summed E-state index contributed by atoms with van der Waals surface area (Å²) in [6, 6.07) is 9.97. The smallest absolute Gasteiger partial charge is 0.0705 e. The van der Waals surface area contributed by atoms with Crippen LogP contribution < -0.4 is 5.32 Å². The van der Waals surface area contributed by atoms with Crippen molar-refractivity contribution in [3.63, 3.8) is 0 Å². The Labute approximate surface area is 101 Å². The molecule has 86 valence electrons. The van der Waals surface area contributed by atoms with Crippen LogP contribution in [-0.2, 0) is 0 Å². The zero-order chi connectivity index (χ0) is 12.3. The van der Waals surface area contributed by atoms with Crippen molar-refractivity contribution >= 4 is 11.9 Å². The second-order valence-electron chi connectivity index (χ2n) is 3.91. The Balaban J connectivity index is 2.50. The van der Waals surface area contributed by atoms with Gasteiger partial charge in [0.1, 0.15) is 0 Å². The maximum absolute atomic E-state index is 7.32. The van der Waals surface area contributed by atoms with Gasteiger partial charge in [0.15, 0.2) is 0 Å². The standard InChI is InChI=1S/C14H15N3/c1-10-5-6-17-14(7-10)11-3-4-12(9-15)13(8-11)16-2/h3-9,15-16H,1-2H3. The zero-order valence-corrected chi connectivity index (χ0v) is 9.99. The molecule has 0 amide bonds. The van der Waals surface area contributed by atoms with Gasteiger partial charge in [0.25, 0.3) is 0 Å². The maximum Gasteiger partial charge on any atom is 0.0705 e. The lowest BCUT2D eigenvalue weighted by Crippen LogP contribution is -1.95. The maximum atomic E-state index is 7.32. The van der Waals surface area contributed by atoms with Gasteiger partial charge < -0.3 is 10.7 Å². The van der Waals surface area contributed by atoms with E-state index in [1.54, 1.807) is 0 Å². The average Bonchev–Trinajstić information content (AvgIpc) is 2.38. The average molecular weight is 225 g/mol. The minimum atomic E-state index is 0.879. The molecule has 0 atom stereocenters. The van der Waals surface area contributed by atoms with Crippen molar-refractivity contribution in [2.45, 2.75) is 6.92 Å². The van der Waals surface area contributed by atoms with Crippen molar-refractivity contribution in [2.24, 2.45) is 0 Å². The van der Waals surface area contributed by atoms with Crippen LogP contribution in [0.2, 0.25) is 0 Å². The van der Waals surface area contributed by atoms with Crippen LogP contribution in [0.25, 0.3) is 11.3 Å². The fraction of sp³-hybridized carbons (Fsp3) is 0.143. The molecule has 0 fully saturated rings. The van der Waals surface area contributed by atoms with Crippen molar-refractivity contribution in [1.82, 2.24) is 4.98 Å². The SMILES string of the molecule is CNc1cc(-c2cc(C)ccn2)ccc1C=N. The van der Waals surface area contributed by atoms with Gasteiger partial charge in [-0.25, -0.2) is 0 Å². The van der Waals surface area contributed by atoms with Crippen LogP contribution in [-0.4, -0.2) is 18.2 Å². The quantitative estimate of drug-likeness (QED) is 0.788. The highest BCUT2D eigenvalue weighted by Gasteiger charge is 2.03. The van der Waals surface area contributed by atoms with E-state index in [2.05, 4.69) is 23.3 Å². The number of hydrogen-bond donors (Lipinski definition) is 2. The molecule has 0 aliphatic carbocycles. The molecule has 0 aliphatic rings. The number of hydrogen-bond acceptors (Lipinski definition) is 3. The van der Waals surface area contributed by atoms with E-state index in [0.717, 1.165) is 22.5 Å². The molecule has 2 aromatic rings. The predicted molar refractivity (Wildman–Crippen MR) is 71.8 cm³/mol. The van der Waals surface area contributed by atoms with Crippen LogP contribution in [0, 0.1) is 12.3 Å². The van der Waals surface area contributed by atoms with E-state index in [1.807, 2.05) is 37.5 Å². The van der Waals surface area contributed by atoms with Gasteiger partial charge in [0.05, 0.1) is 5.69 Å². The molecule has 0 unspecified atom stereocenters. The third kappa shape index (κ3) is 2.33. The molecule has 2 rings (SSSR count). The number of rotatable bonds is 3. The minimum Gasteiger partial charge on any atom is -0.388 e. The topological polar surface area (TPSA) is 48.8 Å². The van der Waals surface area contributed by atoms with Crippen LogP contribution in [0.4, 0.5) is 5.69 Å². The first-order valence-electron chi connectivity index (χ1n) is 5.50. The van der Waals surface area contributed by atoms with Gasteiger partial charge in [-0.05, 0) is 30.7 Å². The molecule has 1 aromatic carbocycles. The van der Waals surface area contributed by atoms with Crippen LogP contribution in [0.3, 0.4) is 0 Å². The summed E-state index contributed by atoms with van der Waals surface area (Å²) >= 11 is 0. The van der Waals surface area contributed by atoms with Crippen molar-refractivity contribution < 1.29 is 0 Å². The third-order valence-corrected chi connectivity index (χ3v) is 2.69. The lowest BCUT2D eigenvalue weighted by molar-refractivity contribution is 1.28. The molecule has 0 saturated carbocycles. The van der Waals surface area contributed by atoms with Crippen molar-refractivity contribution in [3.05, 3.63) is 47.7 Å². The van der Waals surface area contributed by atoms with E-state index < -0.39 is 0 Å². The highest BCUT2D eigenvalue weighted by atomic mass is 14.8. The first kappa shape index (κ1) is 11.3. The molecule has 1 aromatic heterocycles.